The van der Waals surface area contributed by atoms with Gasteiger partial charge in [-0.1, -0.05) is 0 Å². The quantitative estimate of drug-likeness (QED) is 0.716. The van der Waals surface area contributed by atoms with Crippen molar-refractivity contribution in [2.45, 2.75) is 18.9 Å². The summed E-state index contributed by atoms with van der Waals surface area (Å²) in [5.74, 6) is -0.437. The van der Waals surface area contributed by atoms with Gasteiger partial charge in [-0.3, -0.25) is 4.79 Å². The number of anilines is 1. The van der Waals surface area contributed by atoms with Gasteiger partial charge in [0, 0.05) is 25.1 Å². The molecule has 0 aliphatic carbocycles. The minimum atomic E-state index is -1.06. The number of carbonyl (C=O) groups is 1. The highest BCUT2D eigenvalue weighted by Crippen LogP contribution is 2.21. The number of aromatic nitrogens is 1. The maximum Gasteiger partial charge on any atom is 0.326 e. The van der Waals surface area contributed by atoms with Crippen molar-refractivity contribution in [3.8, 4) is 0 Å². The molecule has 18 heavy (non-hydrogen) atoms. The molecule has 100 valence electrons. The zero-order valence-electron chi connectivity index (χ0n) is 9.96. The second-order valence-electron chi connectivity index (χ2n) is 4.34. The van der Waals surface area contributed by atoms with Crippen molar-refractivity contribution in [1.29, 1.82) is 0 Å². The van der Waals surface area contributed by atoms with Gasteiger partial charge in [0.05, 0.1) is 5.69 Å². The van der Waals surface area contributed by atoms with Crippen molar-refractivity contribution in [3.63, 3.8) is 0 Å². The molecule has 2 rings (SSSR count). The number of thiazole rings is 1. The predicted molar refractivity (Wildman–Crippen MR) is 68.7 cm³/mol. The van der Waals surface area contributed by atoms with Crippen LogP contribution in [0.5, 0.6) is 0 Å². The monoisotopic (exact) mass is 271 g/mol. The summed E-state index contributed by atoms with van der Waals surface area (Å²) in [7, 11) is 0. The molecule has 2 unspecified atom stereocenters. The third-order valence-corrected chi connectivity index (χ3v) is 3.78. The van der Waals surface area contributed by atoms with Crippen molar-refractivity contribution in [2.75, 3.05) is 25.1 Å². The summed E-state index contributed by atoms with van der Waals surface area (Å²) >= 11 is 1.38. The number of hydrogen-bond donors (Lipinski definition) is 3. The van der Waals surface area contributed by atoms with Crippen LogP contribution in [0.3, 0.4) is 0 Å². The Morgan fingerprint density at radius 3 is 3.28 bits per heavy atom. The van der Waals surface area contributed by atoms with Crippen LogP contribution in [-0.4, -0.2) is 35.8 Å². The Morgan fingerprint density at radius 1 is 1.78 bits per heavy atom. The molecule has 1 fully saturated rings. The number of carboxylic acids is 1. The topological polar surface area (TPSA) is 97.5 Å². The molecule has 1 aromatic rings. The van der Waals surface area contributed by atoms with Crippen LogP contribution in [-0.2, 0) is 9.53 Å². The lowest BCUT2D eigenvalue weighted by Gasteiger charge is -2.07. The van der Waals surface area contributed by atoms with Gasteiger partial charge >= 0.3 is 5.97 Å². The summed E-state index contributed by atoms with van der Waals surface area (Å²) in [5.41, 5.74) is 5.88. The molecule has 6 nitrogen and oxygen atoms in total. The van der Waals surface area contributed by atoms with E-state index in [1.807, 2.05) is 0 Å². The molecule has 1 aliphatic rings. The van der Waals surface area contributed by atoms with E-state index in [0.29, 0.717) is 11.6 Å². The minimum Gasteiger partial charge on any atom is -0.480 e. The van der Waals surface area contributed by atoms with E-state index in [-0.39, 0.29) is 0 Å². The Labute approximate surface area is 109 Å². The predicted octanol–water partition coefficient (Wildman–Crippen LogP) is 1.07. The molecule has 0 bridgehead atoms. The van der Waals surface area contributed by atoms with Gasteiger partial charge in [0.25, 0.3) is 0 Å². The fraction of sp³-hybridized carbons (Fsp3) is 0.636. The molecule has 1 aromatic heterocycles. The Morgan fingerprint density at radius 2 is 2.61 bits per heavy atom. The number of nitrogens with zero attached hydrogens (tertiary/aromatic N) is 1. The molecule has 4 N–H and O–H groups in total. The third-order valence-electron chi connectivity index (χ3n) is 2.96. The third kappa shape index (κ3) is 3.41. The number of hydrogen-bond acceptors (Lipinski definition) is 6. The van der Waals surface area contributed by atoms with Crippen LogP contribution >= 0.6 is 11.3 Å². The van der Waals surface area contributed by atoms with E-state index in [0.717, 1.165) is 37.7 Å². The molecule has 7 heteroatoms. The van der Waals surface area contributed by atoms with Gasteiger partial charge in [0.2, 0.25) is 0 Å². The number of carboxylic acid groups (broad SMARTS) is 1. The van der Waals surface area contributed by atoms with E-state index in [1.165, 1.54) is 11.3 Å². The fourth-order valence-electron chi connectivity index (χ4n) is 1.83. The molecule has 0 spiro atoms. The van der Waals surface area contributed by atoms with E-state index in [9.17, 15) is 4.79 Å². The molecule has 0 aromatic carbocycles. The highest BCUT2D eigenvalue weighted by atomic mass is 32.1. The normalized spacial score (nSPS) is 20.8. The SMILES string of the molecule is NC(C(=O)O)c1csc(NCCC2CCOC2)n1. The molecular formula is C11H17N3O3S. The van der Waals surface area contributed by atoms with Crippen molar-refractivity contribution in [3.05, 3.63) is 11.1 Å². The van der Waals surface area contributed by atoms with Crippen molar-refractivity contribution < 1.29 is 14.6 Å². The molecule has 0 radical (unpaired) electrons. The average molecular weight is 271 g/mol. The van der Waals surface area contributed by atoms with Crippen LogP contribution < -0.4 is 11.1 Å². The van der Waals surface area contributed by atoms with Crippen LogP contribution in [0.2, 0.25) is 0 Å². The Bertz CT molecular complexity index is 404. The zero-order chi connectivity index (χ0) is 13.0. The molecule has 1 saturated heterocycles. The Hall–Kier alpha value is -1.18. The lowest BCUT2D eigenvalue weighted by atomic mass is 10.1. The highest BCUT2D eigenvalue weighted by Gasteiger charge is 2.18. The highest BCUT2D eigenvalue weighted by molar-refractivity contribution is 7.13. The number of nitrogens with one attached hydrogen (secondary N) is 1. The first-order valence-electron chi connectivity index (χ1n) is 5.92. The lowest BCUT2D eigenvalue weighted by Crippen LogP contribution is -2.21. The van der Waals surface area contributed by atoms with Gasteiger partial charge in [0.15, 0.2) is 5.13 Å². The number of rotatable bonds is 6. The first-order valence-corrected chi connectivity index (χ1v) is 6.80. The van der Waals surface area contributed by atoms with Crippen LogP contribution in [0.1, 0.15) is 24.6 Å². The summed E-state index contributed by atoms with van der Waals surface area (Å²) in [6.45, 7) is 2.53. The standard InChI is InChI=1S/C11H17N3O3S/c12-9(10(15)16)8-6-18-11(14-8)13-3-1-7-2-4-17-5-7/h6-7,9H,1-5,12H2,(H,13,14)(H,15,16). The van der Waals surface area contributed by atoms with E-state index in [1.54, 1.807) is 5.38 Å². The maximum atomic E-state index is 10.7. The smallest absolute Gasteiger partial charge is 0.326 e. The number of nitrogens with two attached hydrogens (primary N) is 1. The van der Waals surface area contributed by atoms with E-state index >= 15 is 0 Å². The molecule has 2 atom stereocenters. The number of ether oxygens (including phenoxy) is 1. The second-order valence-corrected chi connectivity index (χ2v) is 5.20. The lowest BCUT2D eigenvalue weighted by molar-refractivity contribution is -0.138. The summed E-state index contributed by atoms with van der Waals surface area (Å²) < 4.78 is 5.30. The summed E-state index contributed by atoms with van der Waals surface area (Å²) in [4.78, 5) is 14.9. The zero-order valence-corrected chi connectivity index (χ0v) is 10.8. The van der Waals surface area contributed by atoms with Gasteiger partial charge in [-0.25, -0.2) is 4.98 Å². The second kappa shape index (κ2) is 6.12. The van der Waals surface area contributed by atoms with Crippen LogP contribution in [0.25, 0.3) is 0 Å². The summed E-state index contributed by atoms with van der Waals surface area (Å²) in [5, 5.41) is 14.4. The molecule has 1 aliphatic heterocycles. The summed E-state index contributed by atoms with van der Waals surface area (Å²) in [6, 6.07) is -1.04. The molecule has 0 saturated carbocycles. The summed E-state index contributed by atoms with van der Waals surface area (Å²) in [6.07, 6.45) is 2.16. The van der Waals surface area contributed by atoms with E-state index < -0.39 is 12.0 Å². The van der Waals surface area contributed by atoms with Gasteiger partial charge in [0.1, 0.15) is 6.04 Å². The fourth-order valence-corrected chi connectivity index (χ4v) is 2.61. The number of aliphatic carboxylic acids is 1. The van der Waals surface area contributed by atoms with Crippen molar-refractivity contribution in [2.24, 2.45) is 11.7 Å². The van der Waals surface area contributed by atoms with Crippen LogP contribution in [0.4, 0.5) is 5.13 Å². The minimum absolute atomic E-state index is 0.402. The van der Waals surface area contributed by atoms with Crippen LogP contribution in [0.15, 0.2) is 5.38 Å². The average Bonchev–Trinajstić information content (AvgIpc) is 2.99. The molecule has 2 heterocycles. The van der Waals surface area contributed by atoms with Gasteiger partial charge in [-0.05, 0) is 18.8 Å². The Kier molecular flexibility index (Phi) is 4.51. The Balaban J connectivity index is 1.77. The van der Waals surface area contributed by atoms with Gasteiger partial charge < -0.3 is 20.9 Å². The van der Waals surface area contributed by atoms with Gasteiger partial charge in [-0.15, -0.1) is 11.3 Å². The van der Waals surface area contributed by atoms with Crippen molar-refractivity contribution >= 4 is 22.4 Å². The van der Waals surface area contributed by atoms with E-state index in [2.05, 4.69) is 10.3 Å². The van der Waals surface area contributed by atoms with Crippen LogP contribution in [0, 0.1) is 5.92 Å². The molecule has 0 amide bonds. The first-order chi connectivity index (χ1) is 8.66. The van der Waals surface area contributed by atoms with Gasteiger partial charge in [-0.2, -0.15) is 0 Å². The van der Waals surface area contributed by atoms with Crippen molar-refractivity contribution in [1.82, 2.24) is 4.98 Å². The maximum absolute atomic E-state index is 10.7. The van der Waals surface area contributed by atoms with E-state index in [4.69, 9.17) is 15.6 Å². The largest absolute Gasteiger partial charge is 0.480 e. The molecular weight excluding hydrogens is 254 g/mol. The first kappa shape index (κ1) is 13.3.